The molecule has 1 fully saturated rings. The molecule has 0 aromatic rings. The van der Waals surface area contributed by atoms with Gasteiger partial charge in [-0.3, -0.25) is 4.79 Å². The average Bonchev–Trinajstić information content (AvgIpc) is 2.39. The Morgan fingerprint density at radius 3 is 2.50 bits per heavy atom. The van der Waals surface area contributed by atoms with E-state index < -0.39 is 10.0 Å². The van der Waals surface area contributed by atoms with Crippen LogP contribution >= 0.6 is 0 Å². The zero-order chi connectivity index (χ0) is 15.2. The molecule has 118 valence electrons. The Morgan fingerprint density at radius 1 is 1.40 bits per heavy atom. The van der Waals surface area contributed by atoms with E-state index >= 15 is 0 Å². The van der Waals surface area contributed by atoms with Gasteiger partial charge in [0.25, 0.3) is 0 Å². The predicted octanol–water partition coefficient (Wildman–Crippen LogP) is 0.434. The SMILES string of the molecule is CCS(=O)(=O)N1CCC(NC(=O)CCCC(C)N)CC1. The molecule has 1 saturated heterocycles. The molecule has 20 heavy (non-hydrogen) atoms. The zero-order valence-corrected chi connectivity index (χ0v) is 13.3. The van der Waals surface area contributed by atoms with Gasteiger partial charge in [0.05, 0.1) is 5.75 Å². The van der Waals surface area contributed by atoms with Crippen molar-refractivity contribution in [2.45, 2.75) is 58.0 Å². The van der Waals surface area contributed by atoms with E-state index in [2.05, 4.69) is 5.32 Å². The van der Waals surface area contributed by atoms with Crippen LogP contribution in [0.2, 0.25) is 0 Å². The molecule has 0 saturated carbocycles. The summed E-state index contributed by atoms with van der Waals surface area (Å²) in [5, 5.41) is 2.98. The molecule has 1 atom stereocenters. The fourth-order valence-electron chi connectivity index (χ4n) is 2.35. The molecule has 0 spiro atoms. The van der Waals surface area contributed by atoms with Gasteiger partial charge in [0.2, 0.25) is 15.9 Å². The van der Waals surface area contributed by atoms with Crippen LogP contribution in [0.3, 0.4) is 0 Å². The van der Waals surface area contributed by atoms with Crippen molar-refractivity contribution >= 4 is 15.9 Å². The number of carbonyl (C=O) groups is 1. The summed E-state index contributed by atoms with van der Waals surface area (Å²) < 4.78 is 24.9. The predicted molar refractivity (Wildman–Crippen MR) is 79.7 cm³/mol. The third-order valence-electron chi connectivity index (χ3n) is 3.64. The molecule has 0 aliphatic carbocycles. The van der Waals surface area contributed by atoms with Crippen molar-refractivity contribution in [3.05, 3.63) is 0 Å². The molecule has 1 rings (SSSR count). The topological polar surface area (TPSA) is 92.5 Å². The number of nitrogens with two attached hydrogens (primary N) is 1. The number of piperidine rings is 1. The summed E-state index contributed by atoms with van der Waals surface area (Å²) in [4.78, 5) is 11.7. The Bertz CT molecular complexity index is 401. The molecule has 1 heterocycles. The lowest BCUT2D eigenvalue weighted by Crippen LogP contribution is -2.46. The smallest absolute Gasteiger partial charge is 0.220 e. The maximum Gasteiger partial charge on any atom is 0.220 e. The average molecular weight is 305 g/mol. The van der Waals surface area contributed by atoms with Gasteiger partial charge in [0.1, 0.15) is 0 Å². The highest BCUT2D eigenvalue weighted by atomic mass is 32.2. The van der Waals surface area contributed by atoms with E-state index in [0.717, 1.165) is 12.8 Å². The van der Waals surface area contributed by atoms with E-state index in [-0.39, 0.29) is 23.7 Å². The Kier molecular flexibility index (Phi) is 6.91. The first-order chi connectivity index (χ1) is 9.35. The van der Waals surface area contributed by atoms with E-state index in [9.17, 15) is 13.2 Å². The molecular formula is C13H27N3O3S. The molecule has 0 radical (unpaired) electrons. The van der Waals surface area contributed by atoms with Gasteiger partial charge in [-0.1, -0.05) is 0 Å². The Morgan fingerprint density at radius 2 is 2.00 bits per heavy atom. The van der Waals surface area contributed by atoms with Gasteiger partial charge in [0.15, 0.2) is 0 Å². The lowest BCUT2D eigenvalue weighted by Gasteiger charge is -2.31. The van der Waals surface area contributed by atoms with Gasteiger partial charge >= 0.3 is 0 Å². The summed E-state index contributed by atoms with van der Waals surface area (Å²) >= 11 is 0. The highest BCUT2D eigenvalue weighted by Gasteiger charge is 2.27. The molecule has 3 N–H and O–H groups in total. The summed E-state index contributed by atoms with van der Waals surface area (Å²) in [6.45, 7) is 4.59. The molecule has 1 amide bonds. The monoisotopic (exact) mass is 305 g/mol. The van der Waals surface area contributed by atoms with Crippen LogP contribution < -0.4 is 11.1 Å². The summed E-state index contributed by atoms with van der Waals surface area (Å²) in [6.07, 6.45) is 3.53. The van der Waals surface area contributed by atoms with E-state index in [1.165, 1.54) is 4.31 Å². The highest BCUT2D eigenvalue weighted by Crippen LogP contribution is 2.14. The molecule has 0 aromatic carbocycles. The number of nitrogens with one attached hydrogen (secondary N) is 1. The molecular weight excluding hydrogens is 278 g/mol. The Hall–Kier alpha value is -0.660. The van der Waals surface area contributed by atoms with Crippen molar-refractivity contribution in [1.29, 1.82) is 0 Å². The standard InChI is InChI=1S/C13H27N3O3S/c1-3-20(18,19)16-9-7-12(8-10-16)15-13(17)6-4-5-11(2)14/h11-12H,3-10,14H2,1-2H3,(H,15,17). The third-order valence-corrected chi connectivity index (χ3v) is 5.52. The number of rotatable bonds is 7. The lowest BCUT2D eigenvalue weighted by atomic mass is 10.1. The van der Waals surface area contributed by atoms with Gasteiger partial charge in [-0.05, 0) is 39.5 Å². The van der Waals surface area contributed by atoms with Crippen LogP contribution in [-0.2, 0) is 14.8 Å². The Labute approximate surface area is 122 Å². The minimum absolute atomic E-state index is 0.0439. The van der Waals surface area contributed by atoms with Gasteiger partial charge < -0.3 is 11.1 Å². The minimum atomic E-state index is -3.09. The highest BCUT2D eigenvalue weighted by molar-refractivity contribution is 7.89. The zero-order valence-electron chi connectivity index (χ0n) is 12.5. The van der Waals surface area contributed by atoms with Crippen LogP contribution in [0.25, 0.3) is 0 Å². The number of carbonyl (C=O) groups excluding carboxylic acids is 1. The number of hydrogen-bond acceptors (Lipinski definition) is 4. The molecule has 1 unspecified atom stereocenters. The maximum atomic E-state index is 11.7. The molecule has 0 aromatic heterocycles. The van der Waals surface area contributed by atoms with Gasteiger partial charge in [0, 0.05) is 31.6 Å². The molecule has 1 aliphatic heterocycles. The maximum absolute atomic E-state index is 11.7. The summed E-state index contributed by atoms with van der Waals surface area (Å²) in [6, 6.07) is 0.228. The number of sulfonamides is 1. The fourth-order valence-corrected chi connectivity index (χ4v) is 3.48. The molecule has 6 nitrogen and oxygen atoms in total. The normalized spacial score (nSPS) is 19.8. The second kappa shape index (κ2) is 7.95. The number of nitrogens with zero attached hydrogens (tertiary/aromatic N) is 1. The van der Waals surface area contributed by atoms with E-state index in [1.54, 1.807) is 6.92 Å². The summed E-state index contributed by atoms with van der Waals surface area (Å²) in [5.41, 5.74) is 5.64. The van der Waals surface area contributed by atoms with E-state index in [1.807, 2.05) is 6.92 Å². The quantitative estimate of drug-likeness (QED) is 0.713. The Balaban J connectivity index is 2.27. The lowest BCUT2D eigenvalue weighted by molar-refractivity contribution is -0.122. The fraction of sp³-hybridized carbons (Fsp3) is 0.923. The first kappa shape index (κ1) is 17.4. The molecule has 7 heteroatoms. The van der Waals surface area contributed by atoms with Crippen molar-refractivity contribution in [2.24, 2.45) is 5.73 Å². The third kappa shape index (κ3) is 5.76. The summed E-state index contributed by atoms with van der Waals surface area (Å²) in [5.74, 6) is 0.184. The van der Waals surface area contributed by atoms with Crippen molar-refractivity contribution < 1.29 is 13.2 Å². The largest absolute Gasteiger partial charge is 0.353 e. The number of amides is 1. The van der Waals surface area contributed by atoms with Crippen LogP contribution in [0, 0.1) is 0 Å². The van der Waals surface area contributed by atoms with E-state index in [0.29, 0.717) is 32.4 Å². The van der Waals surface area contributed by atoms with Crippen molar-refractivity contribution in [1.82, 2.24) is 9.62 Å². The van der Waals surface area contributed by atoms with Crippen molar-refractivity contribution in [3.63, 3.8) is 0 Å². The summed E-state index contributed by atoms with van der Waals surface area (Å²) in [7, 11) is -3.09. The van der Waals surface area contributed by atoms with Crippen molar-refractivity contribution in [2.75, 3.05) is 18.8 Å². The second-order valence-electron chi connectivity index (χ2n) is 5.51. The van der Waals surface area contributed by atoms with Gasteiger partial charge in [-0.25, -0.2) is 12.7 Å². The van der Waals surface area contributed by atoms with Crippen molar-refractivity contribution in [3.8, 4) is 0 Å². The molecule has 1 aliphatic rings. The van der Waals surface area contributed by atoms with E-state index in [4.69, 9.17) is 5.73 Å². The van der Waals surface area contributed by atoms with Crippen LogP contribution in [0.15, 0.2) is 0 Å². The molecule has 0 bridgehead atoms. The number of hydrogen-bond donors (Lipinski definition) is 2. The first-order valence-corrected chi connectivity index (χ1v) is 8.99. The van der Waals surface area contributed by atoms with Crippen LogP contribution in [0.1, 0.15) is 46.0 Å². The first-order valence-electron chi connectivity index (χ1n) is 7.38. The van der Waals surface area contributed by atoms with Crippen LogP contribution in [-0.4, -0.2) is 49.6 Å². The minimum Gasteiger partial charge on any atom is -0.353 e. The van der Waals surface area contributed by atoms with Crippen LogP contribution in [0.5, 0.6) is 0 Å². The van der Waals surface area contributed by atoms with Crippen LogP contribution in [0.4, 0.5) is 0 Å². The van der Waals surface area contributed by atoms with Gasteiger partial charge in [-0.15, -0.1) is 0 Å². The van der Waals surface area contributed by atoms with Gasteiger partial charge in [-0.2, -0.15) is 0 Å². The second-order valence-corrected chi connectivity index (χ2v) is 7.77.